The minimum Gasteiger partial charge on any atom is -0.477 e. The molecule has 0 aliphatic heterocycles. The molecule has 2 rings (SSSR count). The molecule has 10 heteroatoms. The fraction of sp³-hybridized carbons (Fsp3) is 0.0667. The molecule has 0 radical (unpaired) electrons. The van der Waals surface area contributed by atoms with E-state index in [1.54, 1.807) is 0 Å². The molecular formula is C15H10N2O8. The Morgan fingerprint density at radius 3 is 2.16 bits per heavy atom. The highest BCUT2D eigenvalue weighted by atomic mass is 16.6. The van der Waals surface area contributed by atoms with Gasteiger partial charge < -0.3 is 9.84 Å². The summed E-state index contributed by atoms with van der Waals surface area (Å²) >= 11 is 0. The number of benzene rings is 2. The molecule has 1 N–H and O–H groups in total. The molecule has 128 valence electrons. The van der Waals surface area contributed by atoms with Crippen molar-refractivity contribution in [1.29, 1.82) is 0 Å². The Morgan fingerprint density at radius 1 is 1.00 bits per heavy atom. The number of nitro benzene ring substituents is 2. The third kappa shape index (κ3) is 3.93. The number of nitro groups is 2. The molecule has 0 atom stereocenters. The van der Waals surface area contributed by atoms with Crippen molar-refractivity contribution in [2.24, 2.45) is 0 Å². The molecule has 0 fully saturated rings. The highest BCUT2D eigenvalue weighted by Crippen LogP contribution is 2.23. The summed E-state index contributed by atoms with van der Waals surface area (Å²) in [7, 11) is 0. The number of carboxylic acid groups (broad SMARTS) is 1. The number of non-ortho nitro benzene ring substituents is 1. The smallest absolute Gasteiger partial charge is 0.343 e. The van der Waals surface area contributed by atoms with Gasteiger partial charge in [0, 0.05) is 18.2 Å². The minimum absolute atomic E-state index is 0.137. The van der Waals surface area contributed by atoms with Crippen molar-refractivity contribution in [3.05, 3.63) is 79.4 Å². The summed E-state index contributed by atoms with van der Waals surface area (Å²) in [5.41, 5.74) is -1.65. The predicted molar refractivity (Wildman–Crippen MR) is 82.3 cm³/mol. The van der Waals surface area contributed by atoms with Crippen molar-refractivity contribution in [3.8, 4) is 0 Å². The van der Waals surface area contributed by atoms with Crippen LogP contribution in [0.2, 0.25) is 0 Å². The maximum Gasteiger partial charge on any atom is 0.343 e. The van der Waals surface area contributed by atoms with Crippen molar-refractivity contribution < 1.29 is 29.3 Å². The molecule has 10 nitrogen and oxygen atoms in total. The van der Waals surface area contributed by atoms with Crippen LogP contribution in [0.3, 0.4) is 0 Å². The summed E-state index contributed by atoms with van der Waals surface area (Å²) in [4.78, 5) is 43.3. The van der Waals surface area contributed by atoms with E-state index < -0.39 is 38.6 Å². The lowest BCUT2D eigenvalue weighted by Crippen LogP contribution is -2.13. The van der Waals surface area contributed by atoms with E-state index in [-0.39, 0.29) is 12.3 Å². The van der Waals surface area contributed by atoms with E-state index in [9.17, 15) is 29.8 Å². The van der Waals surface area contributed by atoms with Crippen molar-refractivity contribution in [2.75, 3.05) is 0 Å². The van der Waals surface area contributed by atoms with Gasteiger partial charge in [-0.3, -0.25) is 20.2 Å². The van der Waals surface area contributed by atoms with Gasteiger partial charge in [-0.25, -0.2) is 9.59 Å². The third-order valence-corrected chi connectivity index (χ3v) is 3.19. The lowest BCUT2D eigenvalue weighted by molar-refractivity contribution is -0.385. The largest absolute Gasteiger partial charge is 0.477 e. The molecule has 0 unspecified atom stereocenters. The van der Waals surface area contributed by atoms with Crippen LogP contribution >= 0.6 is 0 Å². The molecular weight excluding hydrogens is 336 g/mol. The normalized spacial score (nSPS) is 10.1. The van der Waals surface area contributed by atoms with E-state index in [2.05, 4.69) is 0 Å². The van der Waals surface area contributed by atoms with Crippen LogP contribution in [0.1, 0.15) is 26.3 Å². The van der Waals surface area contributed by atoms with E-state index in [4.69, 9.17) is 9.84 Å². The second kappa shape index (κ2) is 7.17. The second-order valence-corrected chi connectivity index (χ2v) is 4.76. The van der Waals surface area contributed by atoms with Gasteiger partial charge in [0.1, 0.15) is 6.61 Å². The van der Waals surface area contributed by atoms with Crippen LogP contribution in [0.4, 0.5) is 11.4 Å². The summed E-state index contributed by atoms with van der Waals surface area (Å²) in [6.07, 6.45) is 0. The molecule has 0 aliphatic rings. The third-order valence-electron chi connectivity index (χ3n) is 3.19. The monoisotopic (exact) mass is 346 g/mol. The standard InChI is InChI=1S/C15H10N2O8/c18-14(19)13-11(2-1-3-12(13)17(23)24)15(20)25-8-9-4-6-10(7-5-9)16(21)22/h1-7H,8H2,(H,18,19). The molecule has 0 saturated carbocycles. The molecule has 0 amide bonds. The van der Waals surface area contributed by atoms with Crippen LogP contribution in [0.25, 0.3) is 0 Å². The van der Waals surface area contributed by atoms with Gasteiger partial charge in [0.25, 0.3) is 11.4 Å². The summed E-state index contributed by atoms with van der Waals surface area (Å²) in [5.74, 6) is -2.69. The molecule has 0 bridgehead atoms. The summed E-state index contributed by atoms with van der Waals surface area (Å²) < 4.78 is 4.95. The van der Waals surface area contributed by atoms with Gasteiger partial charge in [-0.1, -0.05) is 6.07 Å². The van der Waals surface area contributed by atoms with Crippen LogP contribution in [0.5, 0.6) is 0 Å². The first-order valence-electron chi connectivity index (χ1n) is 6.72. The second-order valence-electron chi connectivity index (χ2n) is 4.76. The Labute approximate surface area is 139 Å². The first-order chi connectivity index (χ1) is 11.8. The van der Waals surface area contributed by atoms with Crippen LogP contribution in [-0.2, 0) is 11.3 Å². The number of hydrogen-bond acceptors (Lipinski definition) is 7. The lowest BCUT2D eigenvalue weighted by atomic mass is 10.1. The highest BCUT2D eigenvalue weighted by Gasteiger charge is 2.27. The average Bonchev–Trinajstić information content (AvgIpc) is 2.59. The summed E-state index contributed by atoms with van der Waals surface area (Å²) in [6, 6.07) is 8.44. The SMILES string of the molecule is O=C(OCc1ccc([N+](=O)[O-])cc1)c1cccc([N+](=O)[O-])c1C(=O)O. The minimum atomic E-state index is -1.63. The van der Waals surface area contributed by atoms with Gasteiger partial charge in [-0.2, -0.15) is 0 Å². The number of esters is 1. The van der Waals surface area contributed by atoms with E-state index in [1.807, 2.05) is 0 Å². The quantitative estimate of drug-likeness (QED) is 0.476. The molecule has 0 spiro atoms. The zero-order valence-corrected chi connectivity index (χ0v) is 12.4. The zero-order valence-electron chi connectivity index (χ0n) is 12.4. The molecule has 0 aromatic heterocycles. The zero-order chi connectivity index (χ0) is 18.6. The number of carboxylic acids is 1. The average molecular weight is 346 g/mol. The molecule has 2 aromatic rings. The van der Waals surface area contributed by atoms with Gasteiger partial charge >= 0.3 is 11.9 Å². The number of nitrogens with zero attached hydrogens (tertiary/aromatic N) is 2. The first kappa shape index (κ1) is 17.5. The van der Waals surface area contributed by atoms with Crippen LogP contribution < -0.4 is 0 Å². The number of rotatable bonds is 6. The van der Waals surface area contributed by atoms with Gasteiger partial charge in [0.2, 0.25) is 0 Å². The fourth-order valence-electron chi connectivity index (χ4n) is 2.03. The number of ether oxygens (including phenoxy) is 1. The van der Waals surface area contributed by atoms with Gasteiger partial charge in [-0.15, -0.1) is 0 Å². The maximum absolute atomic E-state index is 12.1. The Bertz CT molecular complexity index is 860. The van der Waals surface area contributed by atoms with E-state index in [1.165, 1.54) is 30.3 Å². The van der Waals surface area contributed by atoms with E-state index in [0.717, 1.165) is 12.1 Å². The molecule has 0 saturated heterocycles. The Balaban J connectivity index is 2.21. The van der Waals surface area contributed by atoms with Crippen molar-refractivity contribution >= 4 is 23.3 Å². The lowest BCUT2D eigenvalue weighted by Gasteiger charge is -2.07. The first-order valence-corrected chi connectivity index (χ1v) is 6.72. The van der Waals surface area contributed by atoms with Crippen molar-refractivity contribution in [1.82, 2.24) is 0 Å². The predicted octanol–water partition coefficient (Wildman–Crippen LogP) is 2.56. The van der Waals surface area contributed by atoms with E-state index in [0.29, 0.717) is 5.56 Å². The van der Waals surface area contributed by atoms with E-state index >= 15 is 0 Å². The fourth-order valence-corrected chi connectivity index (χ4v) is 2.03. The molecule has 0 aliphatic carbocycles. The molecule has 0 heterocycles. The van der Waals surface area contributed by atoms with Gasteiger partial charge in [0.05, 0.1) is 15.4 Å². The number of carbonyl (C=O) groups excluding carboxylic acids is 1. The summed E-state index contributed by atoms with van der Waals surface area (Å²) in [5, 5.41) is 30.6. The van der Waals surface area contributed by atoms with Gasteiger partial charge in [-0.05, 0) is 23.8 Å². The van der Waals surface area contributed by atoms with Crippen LogP contribution in [-0.4, -0.2) is 26.9 Å². The maximum atomic E-state index is 12.1. The molecule has 25 heavy (non-hydrogen) atoms. The number of hydrogen-bond donors (Lipinski definition) is 1. The molecule has 2 aromatic carbocycles. The van der Waals surface area contributed by atoms with Crippen LogP contribution in [0, 0.1) is 20.2 Å². The Kier molecular flexibility index (Phi) is 5.03. The highest BCUT2D eigenvalue weighted by molar-refractivity contribution is 6.05. The topological polar surface area (TPSA) is 150 Å². The number of carbonyl (C=O) groups is 2. The van der Waals surface area contributed by atoms with Crippen molar-refractivity contribution in [3.63, 3.8) is 0 Å². The summed E-state index contributed by atoms with van der Waals surface area (Å²) in [6.45, 7) is -0.279. The Hall–Kier alpha value is -3.82. The van der Waals surface area contributed by atoms with Gasteiger partial charge in [0.15, 0.2) is 5.56 Å². The van der Waals surface area contributed by atoms with Crippen molar-refractivity contribution in [2.45, 2.75) is 6.61 Å². The Morgan fingerprint density at radius 2 is 1.64 bits per heavy atom. The van der Waals surface area contributed by atoms with Crippen LogP contribution in [0.15, 0.2) is 42.5 Å². The number of aromatic carboxylic acids is 1.